The van der Waals surface area contributed by atoms with Crippen LogP contribution < -0.4 is 0 Å². The Morgan fingerprint density at radius 2 is 2.15 bits per heavy atom. The third-order valence-electron chi connectivity index (χ3n) is 3.57. The van der Waals surface area contributed by atoms with Crippen molar-refractivity contribution in [2.45, 2.75) is 5.92 Å². The third kappa shape index (κ3) is 1.99. The topological polar surface area (TPSA) is 45.3 Å². The summed E-state index contributed by atoms with van der Waals surface area (Å²) in [6, 6.07) is 8.07. The van der Waals surface area contributed by atoms with Crippen molar-refractivity contribution >= 4 is 16.9 Å². The molecule has 1 atom stereocenters. The number of ether oxygens (including phenoxy) is 1. The van der Waals surface area contributed by atoms with E-state index in [2.05, 4.69) is 11.1 Å². The number of carbonyl (C=O) groups excluding carboxylic acids is 1. The SMILES string of the molecule is COC(=O)C1=CN(C)C=CC1c1c[nH]c2ccccc12. The first-order valence-corrected chi connectivity index (χ1v) is 6.47. The summed E-state index contributed by atoms with van der Waals surface area (Å²) in [4.78, 5) is 17.1. The maximum atomic E-state index is 12.0. The molecular formula is C16H16N2O2. The molecule has 4 heteroatoms. The van der Waals surface area contributed by atoms with Crippen molar-refractivity contribution in [2.24, 2.45) is 0 Å². The summed E-state index contributed by atoms with van der Waals surface area (Å²) >= 11 is 0. The minimum atomic E-state index is -0.295. The molecular weight excluding hydrogens is 252 g/mol. The van der Waals surface area contributed by atoms with Crippen LogP contribution in [0, 0.1) is 0 Å². The zero-order chi connectivity index (χ0) is 14.1. The van der Waals surface area contributed by atoms with Crippen LogP contribution in [0.2, 0.25) is 0 Å². The minimum Gasteiger partial charge on any atom is -0.466 e. The monoisotopic (exact) mass is 268 g/mol. The Labute approximate surface area is 117 Å². The number of para-hydroxylation sites is 1. The van der Waals surface area contributed by atoms with Crippen LogP contribution in [0.1, 0.15) is 11.5 Å². The van der Waals surface area contributed by atoms with Gasteiger partial charge in [0.2, 0.25) is 0 Å². The number of allylic oxidation sites excluding steroid dienone is 1. The van der Waals surface area contributed by atoms with Crippen LogP contribution >= 0.6 is 0 Å². The Morgan fingerprint density at radius 3 is 2.95 bits per heavy atom. The Morgan fingerprint density at radius 1 is 1.35 bits per heavy atom. The van der Waals surface area contributed by atoms with Crippen molar-refractivity contribution in [3.05, 3.63) is 60.1 Å². The van der Waals surface area contributed by atoms with Gasteiger partial charge in [-0.25, -0.2) is 4.79 Å². The Bertz CT molecular complexity index is 712. The number of H-pyrrole nitrogens is 1. The molecule has 0 saturated heterocycles. The van der Waals surface area contributed by atoms with Gasteiger partial charge in [0.15, 0.2) is 0 Å². The van der Waals surface area contributed by atoms with Gasteiger partial charge in [-0.05, 0) is 11.6 Å². The molecule has 1 N–H and O–H groups in total. The molecule has 2 aromatic rings. The molecule has 1 aliphatic heterocycles. The lowest BCUT2D eigenvalue weighted by Crippen LogP contribution is -2.19. The highest BCUT2D eigenvalue weighted by Crippen LogP contribution is 2.34. The molecule has 0 radical (unpaired) electrons. The number of rotatable bonds is 2. The van der Waals surface area contributed by atoms with E-state index in [-0.39, 0.29) is 11.9 Å². The summed E-state index contributed by atoms with van der Waals surface area (Å²) in [7, 11) is 3.30. The largest absolute Gasteiger partial charge is 0.466 e. The molecule has 1 aliphatic rings. The number of hydrogen-bond acceptors (Lipinski definition) is 3. The summed E-state index contributed by atoms with van der Waals surface area (Å²) in [5.74, 6) is -0.383. The normalized spacial score (nSPS) is 18.2. The van der Waals surface area contributed by atoms with Gasteiger partial charge in [-0.2, -0.15) is 0 Å². The highest BCUT2D eigenvalue weighted by Gasteiger charge is 2.26. The Balaban J connectivity index is 2.10. The quantitative estimate of drug-likeness (QED) is 0.852. The third-order valence-corrected chi connectivity index (χ3v) is 3.57. The average molecular weight is 268 g/mol. The van der Waals surface area contributed by atoms with Crippen LogP contribution in [-0.2, 0) is 9.53 Å². The average Bonchev–Trinajstić information content (AvgIpc) is 2.90. The second kappa shape index (κ2) is 4.89. The zero-order valence-corrected chi connectivity index (χ0v) is 11.5. The molecule has 102 valence electrons. The van der Waals surface area contributed by atoms with Crippen LogP contribution in [-0.4, -0.2) is 30.0 Å². The number of fused-ring (bicyclic) bond motifs is 1. The number of methoxy groups -OCH3 is 1. The molecule has 20 heavy (non-hydrogen) atoms. The second-order valence-corrected chi connectivity index (χ2v) is 4.85. The summed E-state index contributed by atoms with van der Waals surface area (Å²) < 4.78 is 4.90. The highest BCUT2D eigenvalue weighted by atomic mass is 16.5. The first-order chi connectivity index (χ1) is 9.70. The van der Waals surface area contributed by atoms with Gasteiger partial charge in [-0.1, -0.05) is 24.3 Å². The second-order valence-electron chi connectivity index (χ2n) is 4.85. The predicted molar refractivity (Wildman–Crippen MR) is 78.0 cm³/mol. The van der Waals surface area contributed by atoms with Crippen molar-refractivity contribution in [3.8, 4) is 0 Å². The van der Waals surface area contributed by atoms with E-state index in [0.29, 0.717) is 5.57 Å². The smallest absolute Gasteiger partial charge is 0.336 e. The van der Waals surface area contributed by atoms with Crippen LogP contribution in [0.5, 0.6) is 0 Å². The van der Waals surface area contributed by atoms with E-state index in [1.807, 2.05) is 54.8 Å². The van der Waals surface area contributed by atoms with Crippen molar-refractivity contribution in [1.29, 1.82) is 0 Å². The molecule has 0 amide bonds. The van der Waals surface area contributed by atoms with Gasteiger partial charge in [0.1, 0.15) is 0 Å². The lowest BCUT2D eigenvalue weighted by molar-refractivity contribution is -0.136. The number of carbonyl (C=O) groups is 1. The van der Waals surface area contributed by atoms with Crippen molar-refractivity contribution in [1.82, 2.24) is 9.88 Å². The van der Waals surface area contributed by atoms with Gasteiger partial charge in [0.25, 0.3) is 0 Å². The summed E-state index contributed by atoms with van der Waals surface area (Å²) in [6.07, 6.45) is 7.75. The summed E-state index contributed by atoms with van der Waals surface area (Å²) in [5, 5.41) is 1.13. The predicted octanol–water partition coefficient (Wildman–Crippen LogP) is 2.77. The molecule has 2 heterocycles. The number of benzene rings is 1. The number of hydrogen-bond donors (Lipinski definition) is 1. The van der Waals surface area contributed by atoms with Crippen LogP contribution in [0.15, 0.2) is 54.5 Å². The van der Waals surface area contributed by atoms with E-state index in [9.17, 15) is 4.79 Å². The van der Waals surface area contributed by atoms with Gasteiger partial charge >= 0.3 is 5.97 Å². The van der Waals surface area contributed by atoms with Crippen LogP contribution in [0.4, 0.5) is 0 Å². The van der Waals surface area contributed by atoms with E-state index in [1.165, 1.54) is 7.11 Å². The van der Waals surface area contributed by atoms with E-state index in [0.717, 1.165) is 16.5 Å². The Hall–Kier alpha value is -2.49. The molecule has 1 aromatic carbocycles. The first kappa shape index (κ1) is 12.5. The van der Waals surface area contributed by atoms with Crippen molar-refractivity contribution < 1.29 is 9.53 Å². The fraction of sp³-hybridized carbons (Fsp3) is 0.188. The molecule has 0 aliphatic carbocycles. The Kier molecular flexibility index (Phi) is 3.06. The molecule has 1 aromatic heterocycles. The molecule has 0 saturated carbocycles. The maximum Gasteiger partial charge on any atom is 0.336 e. The van der Waals surface area contributed by atoms with Gasteiger partial charge in [-0.15, -0.1) is 0 Å². The first-order valence-electron chi connectivity index (χ1n) is 6.47. The number of aromatic nitrogens is 1. The fourth-order valence-corrected chi connectivity index (χ4v) is 2.59. The zero-order valence-electron chi connectivity index (χ0n) is 11.5. The van der Waals surface area contributed by atoms with E-state index in [4.69, 9.17) is 4.74 Å². The van der Waals surface area contributed by atoms with Gasteiger partial charge in [-0.3, -0.25) is 0 Å². The van der Waals surface area contributed by atoms with Gasteiger partial charge in [0, 0.05) is 42.5 Å². The van der Waals surface area contributed by atoms with Crippen molar-refractivity contribution in [3.63, 3.8) is 0 Å². The number of nitrogens with zero attached hydrogens (tertiary/aromatic N) is 1. The van der Waals surface area contributed by atoms with Crippen molar-refractivity contribution in [2.75, 3.05) is 14.2 Å². The molecule has 4 nitrogen and oxygen atoms in total. The van der Waals surface area contributed by atoms with E-state index in [1.54, 1.807) is 0 Å². The molecule has 3 rings (SSSR count). The standard InChI is InChI=1S/C16H16N2O2/c1-18-8-7-11(14(10-18)16(19)20-2)13-9-17-15-6-4-3-5-12(13)15/h3-11,17H,1-2H3. The fourth-order valence-electron chi connectivity index (χ4n) is 2.59. The van der Waals surface area contributed by atoms with E-state index < -0.39 is 0 Å². The molecule has 0 bridgehead atoms. The minimum absolute atomic E-state index is 0.0881. The lowest BCUT2D eigenvalue weighted by Gasteiger charge is -2.23. The number of esters is 1. The molecule has 0 spiro atoms. The maximum absolute atomic E-state index is 12.0. The van der Waals surface area contributed by atoms with Gasteiger partial charge in [0.05, 0.1) is 12.7 Å². The highest BCUT2D eigenvalue weighted by molar-refractivity contribution is 5.93. The molecule has 1 unspecified atom stereocenters. The van der Waals surface area contributed by atoms with E-state index >= 15 is 0 Å². The summed E-state index contributed by atoms with van der Waals surface area (Å²) in [5.41, 5.74) is 2.79. The van der Waals surface area contributed by atoms with Crippen LogP contribution in [0.3, 0.4) is 0 Å². The number of aromatic amines is 1. The molecule has 0 fully saturated rings. The van der Waals surface area contributed by atoms with Gasteiger partial charge < -0.3 is 14.6 Å². The number of nitrogens with one attached hydrogen (secondary N) is 1. The lowest BCUT2D eigenvalue weighted by atomic mass is 9.89. The summed E-state index contributed by atoms with van der Waals surface area (Å²) in [6.45, 7) is 0. The van der Waals surface area contributed by atoms with Crippen LogP contribution in [0.25, 0.3) is 10.9 Å².